The van der Waals surface area contributed by atoms with Crippen molar-refractivity contribution in [2.24, 2.45) is 0 Å². The number of methoxy groups -OCH3 is 3. The van der Waals surface area contributed by atoms with Crippen LogP contribution in [-0.4, -0.2) is 83.0 Å². The second-order valence-corrected chi connectivity index (χ2v) is 10.4. The molecular weight excluding hydrogens is 590 g/mol. The van der Waals surface area contributed by atoms with Crippen LogP contribution in [0.4, 0.5) is 10.6 Å². The molecule has 0 aromatic heterocycles. The smallest absolute Gasteiger partial charge is 0.406 e. The van der Waals surface area contributed by atoms with Crippen molar-refractivity contribution in [2.45, 2.75) is 25.8 Å². The topological polar surface area (TPSA) is 148 Å². The molecule has 0 radical (unpaired) electrons. The molecule has 5 N–H and O–H groups in total. The molecule has 0 bridgehead atoms. The van der Waals surface area contributed by atoms with E-state index in [0.29, 0.717) is 74.6 Å². The Bertz CT molecular complexity index is 1490. The Labute approximate surface area is 261 Å². The third-order valence-corrected chi connectivity index (χ3v) is 7.40. The van der Waals surface area contributed by atoms with Crippen molar-refractivity contribution in [3.63, 3.8) is 0 Å². The molecule has 44 heavy (non-hydrogen) atoms. The van der Waals surface area contributed by atoms with Crippen LogP contribution in [0.2, 0.25) is 5.02 Å². The lowest BCUT2D eigenvalue weighted by atomic mass is 10.1. The van der Waals surface area contributed by atoms with E-state index in [0.717, 1.165) is 46.3 Å². The molecule has 2 aliphatic rings. The molecule has 2 amide bonds. The van der Waals surface area contributed by atoms with Gasteiger partial charge in [0.15, 0.2) is 11.5 Å². The number of aromatic nitrogens is 2. The quantitative estimate of drug-likeness (QED) is 0.0947. The molecule has 0 atom stereocenters. The summed E-state index contributed by atoms with van der Waals surface area (Å²) in [5.41, 5.74) is 3.26. The summed E-state index contributed by atoms with van der Waals surface area (Å²) in [7, 11) is 4.57. The number of H-pyrrole nitrogens is 2. The summed E-state index contributed by atoms with van der Waals surface area (Å²) in [6.45, 7) is 3.55. The highest BCUT2D eigenvalue weighted by Crippen LogP contribution is 2.42. The lowest BCUT2D eigenvalue weighted by Gasteiger charge is -2.10. The average molecular weight is 630 g/mol. The second-order valence-electron chi connectivity index (χ2n) is 9.97. The van der Waals surface area contributed by atoms with E-state index in [1.54, 1.807) is 32.4 Å². The van der Waals surface area contributed by atoms with Crippen LogP contribution in [0.15, 0.2) is 36.4 Å². The number of hydrogen-bond acceptors (Lipinski definition) is 8. The molecule has 0 spiro atoms. The maximum Gasteiger partial charge on any atom is 0.406 e. The molecule has 4 rings (SSSR count). The van der Waals surface area contributed by atoms with Gasteiger partial charge in [-0.05, 0) is 66.6 Å². The Morgan fingerprint density at radius 2 is 1.55 bits per heavy atom. The summed E-state index contributed by atoms with van der Waals surface area (Å²) in [6, 6.07) is 11.2. The normalized spacial score (nSPS) is 11.1. The van der Waals surface area contributed by atoms with Crippen LogP contribution in [0.1, 0.15) is 35.2 Å². The molecule has 2 aromatic rings. The minimum Gasteiger partial charge on any atom is -0.493 e. The zero-order chi connectivity index (χ0) is 31.3. The summed E-state index contributed by atoms with van der Waals surface area (Å²) < 4.78 is 26.5. The Kier molecular flexibility index (Phi) is 12.4. The molecule has 0 unspecified atom stereocenters. The number of carbonyl (C=O) groups is 2. The SMILES string of the molecule is COC(=O)NCCCCOCCOCCCNC(=O)c1ccc(Cl)c(CNc2[nH][nH]c3c4cc(OC)c(OC)cc4cc2-3)c1. The van der Waals surface area contributed by atoms with E-state index in [1.807, 2.05) is 12.1 Å². The number of rotatable bonds is 18. The summed E-state index contributed by atoms with van der Waals surface area (Å²) in [5, 5.41) is 18.0. The van der Waals surface area contributed by atoms with Gasteiger partial charge in [0.25, 0.3) is 5.91 Å². The number of alkyl carbamates (subject to hydrolysis) is 1. The lowest BCUT2D eigenvalue weighted by Crippen LogP contribution is -2.25. The predicted octanol–water partition coefficient (Wildman–Crippen LogP) is 5.17. The van der Waals surface area contributed by atoms with Crippen LogP contribution in [0.25, 0.3) is 22.0 Å². The predicted molar refractivity (Wildman–Crippen MR) is 169 cm³/mol. The highest BCUT2D eigenvalue weighted by molar-refractivity contribution is 6.31. The number of benzene rings is 2. The third kappa shape index (κ3) is 8.71. The molecule has 0 fully saturated rings. The highest BCUT2D eigenvalue weighted by Gasteiger charge is 2.19. The van der Waals surface area contributed by atoms with Gasteiger partial charge in [-0.25, -0.2) is 4.79 Å². The minimum atomic E-state index is -0.425. The van der Waals surface area contributed by atoms with Gasteiger partial charge in [0.1, 0.15) is 5.82 Å². The van der Waals surface area contributed by atoms with Gasteiger partial charge < -0.3 is 39.6 Å². The summed E-state index contributed by atoms with van der Waals surface area (Å²) in [6.07, 6.45) is 1.91. The minimum absolute atomic E-state index is 0.172. The van der Waals surface area contributed by atoms with Gasteiger partial charge in [-0.15, -0.1) is 0 Å². The number of fused-ring (bicyclic) bond motifs is 3. The van der Waals surface area contributed by atoms with Crippen molar-refractivity contribution in [2.75, 3.05) is 66.2 Å². The first kappa shape index (κ1) is 32.8. The van der Waals surface area contributed by atoms with Crippen molar-refractivity contribution in [3.05, 3.63) is 52.5 Å². The van der Waals surface area contributed by atoms with Crippen molar-refractivity contribution >= 4 is 40.2 Å². The van der Waals surface area contributed by atoms with Gasteiger partial charge in [0.05, 0.1) is 40.2 Å². The first-order chi connectivity index (χ1) is 21.4. The fourth-order valence-electron chi connectivity index (χ4n) is 4.69. The Balaban J connectivity index is 1.17. The van der Waals surface area contributed by atoms with E-state index in [-0.39, 0.29) is 5.91 Å². The summed E-state index contributed by atoms with van der Waals surface area (Å²) in [4.78, 5) is 23.7. The van der Waals surface area contributed by atoms with E-state index in [2.05, 4.69) is 37.0 Å². The summed E-state index contributed by atoms with van der Waals surface area (Å²) >= 11 is 6.47. The van der Waals surface area contributed by atoms with E-state index >= 15 is 0 Å². The molecule has 1 heterocycles. The number of hydrogen-bond donors (Lipinski definition) is 5. The van der Waals surface area contributed by atoms with Crippen LogP contribution in [0, 0.1) is 0 Å². The fourth-order valence-corrected chi connectivity index (χ4v) is 4.88. The monoisotopic (exact) mass is 629 g/mol. The molecule has 13 heteroatoms. The molecule has 0 saturated heterocycles. The first-order valence-corrected chi connectivity index (χ1v) is 14.9. The Morgan fingerprint density at radius 1 is 0.818 bits per heavy atom. The van der Waals surface area contributed by atoms with Gasteiger partial charge in [0, 0.05) is 54.4 Å². The molecule has 12 nitrogen and oxygen atoms in total. The molecule has 1 aliphatic carbocycles. The zero-order valence-electron chi connectivity index (χ0n) is 25.3. The maximum atomic E-state index is 12.8. The van der Waals surface area contributed by atoms with Crippen molar-refractivity contribution in [3.8, 4) is 22.8 Å². The van der Waals surface area contributed by atoms with E-state index in [4.69, 9.17) is 30.5 Å². The third-order valence-electron chi connectivity index (χ3n) is 7.03. The number of anilines is 1. The average Bonchev–Trinajstić information content (AvgIpc) is 3.60. The lowest BCUT2D eigenvalue weighted by molar-refractivity contribution is 0.0455. The van der Waals surface area contributed by atoms with Gasteiger partial charge in [0.2, 0.25) is 0 Å². The summed E-state index contributed by atoms with van der Waals surface area (Å²) in [5.74, 6) is 1.96. The van der Waals surface area contributed by atoms with Gasteiger partial charge >= 0.3 is 6.09 Å². The molecular formula is C31H40ClN5O7. The van der Waals surface area contributed by atoms with Crippen molar-refractivity contribution in [1.82, 2.24) is 20.8 Å². The number of aromatic amines is 2. The standard InChI is InChI=1S/C31H40ClN5O7/c1-40-26-17-21-16-24-28(23(21)18-27(26)41-2)36-37-29(24)35-19-22-15-20(7-8-25(22)32)30(38)33-10-6-12-44-14-13-43-11-5-4-9-34-31(39)42-3/h7-8,15-18,35-37H,4-6,9-14,19H2,1-3H3,(H,33,38)(H,34,39). The van der Waals surface area contributed by atoms with Gasteiger partial charge in [-0.3, -0.25) is 15.0 Å². The second kappa shape index (κ2) is 16.6. The Hall–Kier alpha value is -4.13. The number of unbranched alkanes of at least 4 members (excludes halogenated alkanes) is 1. The van der Waals surface area contributed by atoms with Gasteiger partial charge in [-0.2, -0.15) is 0 Å². The number of amides is 2. The molecule has 238 valence electrons. The van der Waals surface area contributed by atoms with E-state index in [9.17, 15) is 9.59 Å². The van der Waals surface area contributed by atoms with Crippen molar-refractivity contribution < 1.29 is 33.3 Å². The van der Waals surface area contributed by atoms with Crippen LogP contribution in [0.3, 0.4) is 0 Å². The maximum absolute atomic E-state index is 12.8. The number of nitrogens with one attached hydrogen (secondary N) is 5. The van der Waals surface area contributed by atoms with Crippen LogP contribution in [-0.2, 0) is 20.8 Å². The highest BCUT2D eigenvalue weighted by atomic mass is 35.5. The Morgan fingerprint density at radius 3 is 2.30 bits per heavy atom. The van der Waals surface area contributed by atoms with Gasteiger partial charge in [-0.1, -0.05) is 11.6 Å². The van der Waals surface area contributed by atoms with Crippen LogP contribution < -0.4 is 25.4 Å². The zero-order valence-corrected chi connectivity index (χ0v) is 26.0. The molecule has 0 saturated carbocycles. The van der Waals surface area contributed by atoms with E-state index < -0.39 is 6.09 Å². The van der Waals surface area contributed by atoms with Crippen LogP contribution >= 0.6 is 11.6 Å². The number of carbonyl (C=O) groups excluding carboxylic acids is 2. The van der Waals surface area contributed by atoms with Crippen LogP contribution in [0.5, 0.6) is 11.5 Å². The molecule has 1 aliphatic heterocycles. The number of halogens is 1. The van der Waals surface area contributed by atoms with Crippen molar-refractivity contribution in [1.29, 1.82) is 0 Å². The van der Waals surface area contributed by atoms with E-state index in [1.165, 1.54) is 7.11 Å². The largest absolute Gasteiger partial charge is 0.493 e. The number of ether oxygens (including phenoxy) is 5. The first-order valence-electron chi connectivity index (χ1n) is 14.5. The molecule has 2 aromatic carbocycles. The fraction of sp³-hybridized carbons (Fsp3) is 0.419.